The molecule has 1 atom stereocenters. The molecule has 4 rings (SSSR count). The Balaban J connectivity index is 1.44. The lowest BCUT2D eigenvalue weighted by atomic mass is 10.1. The highest BCUT2D eigenvalue weighted by atomic mass is 35.5. The van der Waals surface area contributed by atoms with Crippen molar-refractivity contribution in [1.29, 1.82) is 0 Å². The summed E-state index contributed by atoms with van der Waals surface area (Å²) >= 11 is 6.95. The normalized spacial score (nSPS) is 21.2. The van der Waals surface area contributed by atoms with Crippen LogP contribution in [-0.4, -0.2) is 62.3 Å². The molecular formula is C19H22ClN3O3S2. The molecule has 0 radical (unpaired) electrons. The minimum absolute atomic E-state index is 0.0866. The van der Waals surface area contributed by atoms with Crippen molar-refractivity contribution in [1.82, 2.24) is 9.21 Å². The summed E-state index contributed by atoms with van der Waals surface area (Å²) in [6, 6.07) is 12.6. The zero-order valence-corrected chi connectivity index (χ0v) is 17.7. The lowest BCUT2D eigenvalue weighted by molar-refractivity contribution is -0.134. The summed E-state index contributed by atoms with van der Waals surface area (Å²) in [5, 5.41) is 0. The van der Waals surface area contributed by atoms with Crippen molar-refractivity contribution in [2.45, 2.75) is 23.1 Å². The Kier molecular flexibility index (Phi) is 5.64. The van der Waals surface area contributed by atoms with Crippen LogP contribution in [0.4, 0.5) is 5.69 Å². The Morgan fingerprint density at radius 2 is 1.71 bits per heavy atom. The highest BCUT2D eigenvalue weighted by Crippen LogP contribution is 2.33. The van der Waals surface area contributed by atoms with Crippen LogP contribution in [0.1, 0.15) is 12.8 Å². The van der Waals surface area contributed by atoms with Crippen LogP contribution in [0.25, 0.3) is 0 Å². The van der Waals surface area contributed by atoms with E-state index in [2.05, 4.69) is 17.0 Å². The second kappa shape index (κ2) is 8.02. The van der Waals surface area contributed by atoms with Crippen LogP contribution in [0.3, 0.4) is 0 Å². The number of carbonyl (C=O) groups is 1. The Morgan fingerprint density at radius 3 is 2.36 bits per heavy atom. The number of rotatable bonds is 4. The van der Waals surface area contributed by atoms with Gasteiger partial charge in [0.25, 0.3) is 10.0 Å². The van der Waals surface area contributed by atoms with Gasteiger partial charge in [-0.3, -0.25) is 4.79 Å². The van der Waals surface area contributed by atoms with Gasteiger partial charge in [-0.05, 0) is 37.1 Å². The molecule has 150 valence electrons. The maximum absolute atomic E-state index is 13.1. The molecule has 0 aliphatic carbocycles. The van der Waals surface area contributed by atoms with Crippen molar-refractivity contribution in [3.05, 3.63) is 46.8 Å². The van der Waals surface area contributed by atoms with Gasteiger partial charge in [-0.25, -0.2) is 8.42 Å². The average Bonchev–Trinajstić information content (AvgIpc) is 3.38. The van der Waals surface area contributed by atoms with Gasteiger partial charge in [-0.1, -0.05) is 29.8 Å². The lowest BCUT2D eigenvalue weighted by Gasteiger charge is -2.38. The first-order chi connectivity index (χ1) is 13.5. The molecule has 0 unspecified atom stereocenters. The van der Waals surface area contributed by atoms with Crippen LogP contribution in [0.15, 0.2) is 46.7 Å². The van der Waals surface area contributed by atoms with E-state index in [4.69, 9.17) is 11.6 Å². The van der Waals surface area contributed by atoms with Crippen molar-refractivity contribution < 1.29 is 13.2 Å². The predicted octanol–water partition coefficient (Wildman–Crippen LogP) is 2.90. The molecule has 9 heteroatoms. The largest absolute Gasteiger partial charge is 0.368 e. The lowest BCUT2D eigenvalue weighted by Crippen LogP contribution is -2.54. The van der Waals surface area contributed by atoms with E-state index in [1.165, 1.54) is 10.4 Å². The van der Waals surface area contributed by atoms with Crippen LogP contribution < -0.4 is 4.90 Å². The number of sulfonamides is 1. The summed E-state index contributed by atoms with van der Waals surface area (Å²) in [6.07, 6.45) is 1.26. The minimum Gasteiger partial charge on any atom is -0.368 e. The quantitative estimate of drug-likeness (QED) is 0.734. The fourth-order valence-electron chi connectivity index (χ4n) is 3.86. The van der Waals surface area contributed by atoms with E-state index < -0.39 is 16.1 Å². The number of hydrogen-bond acceptors (Lipinski definition) is 5. The first-order valence-corrected chi connectivity index (χ1v) is 12.0. The summed E-state index contributed by atoms with van der Waals surface area (Å²) in [5.41, 5.74) is 1.15. The number of carbonyl (C=O) groups excluding carboxylic acids is 1. The third-order valence-corrected chi connectivity index (χ3v) is 8.92. The molecule has 2 aliphatic heterocycles. The summed E-state index contributed by atoms with van der Waals surface area (Å²) in [5.74, 6) is -0.0866. The SMILES string of the molecule is O=C([C@H]1CCCN1S(=O)(=O)c1ccc(Cl)s1)N1CCN(c2ccccc2)CC1. The van der Waals surface area contributed by atoms with Gasteiger partial charge in [0.05, 0.1) is 4.34 Å². The minimum atomic E-state index is -3.69. The van der Waals surface area contributed by atoms with Gasteiger partial charge in [0, 0.05) is 38.4 Å². The van der Waals surface area contributed by atoms with Crippen molar-refractivity contribution in [2.24, 2.45) is 0 Å². The van der Waals surface area contributed by atoms with Gasteiger partial charge in [0.2, 0.25) is 5.91 Å². The van der Waals surface area contributed by atoms with Gasteiger partial charge in [-0.15, -0.1) is 11.3 Å². The van der Waals surface area contributed by atoms with Crippen LogP contribution >= 0.6 is 22.9 Å². The Labute approximate surface area is 174 Å². The maximum atomic E-state index is 13.1. The second-order valence-corrected chi connectivity index (χ2v) is 10.8. The van der Waals surface area contributed by atoms with E-state index in [0.29, 0.717) is 36.8 Å². The second-order valence-electron chi connectivity index (χ2n) is 6.98. The van der Waals surface area contributed by atoms with Crippen LogP contribution in [0.2, 0.25) is 4.34 Å². The molecule has 1 amide bonds. The van der Waals surface area contributed by atoms with Crippen LogP contribution in [0.5, 0.6) is 0 Å². The van der Waals surface area contributed by atoms with E-state index in [-0.39, 0.29) is 10.1 Å². The van der Waals surface area contributed by atoms with Gasteiger partial charge >= 0.3 is 0 Å². The molecule has 2 fully saturated rings. The molecule has 6 nitrogen and oxygen atoms in total. The highest BCUT2D eigenvalue weighted by molar-refractivity contribution is 7.91. The molecule has 1 aromatic carbocycles. The van der Waals surface area contributed by atoms with Crippen molar-refractivity contribution in [3.63, 3.8) is 0 Å². The number of piperazine rings is 1. The fourth-order valence-corrected chi connectivity index (χ4v) is 7.12. The van der Waals surface area contributed by atoms with E-state index in [0.717, 1.165) is 30.1 Å². The molecule has 1 aromatic heterocycles. The zero-order chi connectivity index (χ0) is 19.7. The van der Waals surface area contributed by atoms with Crippen molar-refractivity contribution in [3.8, 4) is 0 Å². The van der Waals surface area contributed by atoms with E-state index in [9.17, 15) is 13.2 Å². The first kappa shape index (κ1) is 19.7. The molecule has 3 heterocycles. The Morgan fingerprint density at radius 1 is 1.00 bits per heavy atom. The number of amides is 1. The fraction of sp³-hybridized carbons (Fsp3) is 0.421. The van der Waals surface area contributed by atoms with E-state index in [1.807, 2.05) is 18.2 Å². The van der Waals surface area contributed by atoms with Crippen molar-refractivity contribution in [2.75, 3.05) is 37.6 Å². The average molecular weight is 440 g/mol. The number of nitrogens with zero attached hydrogens (tertiary/aromatic N) is 3. The Hall–Kier alpha value is -1.61. The smallest absolute Gasteiger partial charge is 0.253 e. The monoisotopic (exact) mass is 439 g/mol. The molecular weight excluding hydrogens is 418 g/mol. The zero-order valence-electron chi connectivity index (χ0n) is 15.3. The van der Waals surface area contributed by atoms with Crippen molar-refractivity contribution >= 4 is 44.6 Å². The van der Waals surface area contributed by atoms with Crippen LogP contribution in [-0.2, 0) is 14.8 Å². The number of thiophene rings is 1. The maximum Gasteiger partial charge on any atom is 0.253 e. The Bertz CT molecular complexity index is 940. The third kappa shape index (κ3) is 3.78. The number of hydrogen-bond donors (Lipinski definition) is 0. The van der Waals surface area contributed by atoms with Gasteiger partial charge < -0.3 is 9.80 Å². The van der Waals surface area contributed by atoms with E-state index in [1.54, 1.807) is 11.0 Å². The summed E-state index contributed by atoms with van der Waals surface area (Å²) in [7, 11) is -3.69. The molecule has 2 aliphatic rings. The number of anilines is 1. The molecule has 0 saturated carbocycles. The molecule has 0 N–H and O–H groups in total. The molecule has 28 heavy (non-hydrogen) atoms. The topological polar surface area (TPSA) is 60.9 Å². The summed E-state index contributed by atoms with van der Waals surface area (Å²) in [6.45, 7) is 3.07. The number of halogens is 1. The molecule has 2 saturated heterocycles. The summed E-state index contributed by atoms with van der Waals surface area (Å²) in [4.78, 5) is 17.2. The molecule has 0 spiro atoms. The first-order valence-electron chi connectivity index (χ1n) is 9.33. The predicted molar refractivity (Wildman–Crippen MR) is 111 cm³/mol. The summed E-state index contributed by atoms with van der Waals surface area (Å²) < 4.78 is 28.0. The standard InChI is InChI=1S/C19H22ClN3O3S2/c20-17-8-9-18(27-17)28(25,26)23-10-4-7-16(23)19(24)22-13-11-21(12-14-22)15-5-2-1-3-6-15/h1-3,5-6,8-9,16H,4,7,10-14H2/t16-/m1/s1. The van der Waals surface area contributed by atoms with Crippen LogP contribution in [0, 0.1) is 0 Å². The van der Waals surface area contributed by atoms with Gasteiger partial charge in [-0.2, -0.15) is 4.31 Å². The number of para-hydroxylation sites is 1. The van der Waals surface area contributed by atoms with E-state index >= 15 is 0 Å². The highest BCUT2D eigenvalue weighted by Gasteiger charge is 2.42. The molecule has 2 aromatic rings. The third-order valence-electron chi connectivity index (χ3n) is 5.31. The van der Waals surface area contributed by atoms with Gasteiger partial charge in [0.1, 0.15) is 10.3 Å². The van der Waals surface area contributed by atoms with Gasteiger partial charge in [0.15, 0.2) is 0 Å². The number of benzene rings is 1. The molecule has 0 bridgehead atoms.